The molecule has 0 bridgehead atoms. The number of benzene rings is 3. The molecule has 1 spiro atoms. The van der Waals surface area contributed by atoms with Crippen LogP contribution in [-0.2, 0) is 26.5 Å². The Morgan fingerprint density at radius 3 is 2.46 bits per heavy atom. The lowest BCUT2D eigenvalue weighted by Crippen LogP contribution is -2.55. The molecule has 3 aliphatic rings. The summed E-state index contributed by atoms with van der Waals surface area (Å²) in [6.07, 6.45) is 2.68. The number of anilines is 2. The Balaban J connectivity index is 1.48. The van der Waals surface area contributed by atoms with E-state index in [0.29, 0.717) is 23.7 Å². The van der Waals surface area contributed by atoms with Crippen molar-refractivity contribution < 1.29 is 14.4 Å². The summed E-state index contributed by atoms with van der Waals surface area (Å²) in [4.78, 5) is 45.5. The number of thioether (sulfide) groups is 1. The zero-order valence-electron chi connectivity index (χ0n) is 20.3. The van der Waals surface area contributed by atoms with Gasteiger partial charge in [0.25, 0.3) is 5.91 Å². The van der Waals surface area contributed by atoms with Crippen LogP contribution in [0.2, 0.25) is 5.02 Å². The Morgan fingerprint density at radius 2 is 1.70 bits per heavy atom. The van der Waals surface area contributed by atoms with E-state index in [4.69, 9.17) is 11.6 Å². The molecular weight excluding hydrogens is 506 g/mol. The first kappa shape index (κ1) is 24.2. The summed E-state index contributed by atoms with van der Waals surface area (Å²) in [7, 11) is 0. The van der Waals surface area contributed by atoms with Gasteiger partial charge in [-0.05, 0) is 48.3 Å². The zero-order chi connectivity index (χ0) is 25.7. The molecule has 8 heteroatoms. The van der Waals surface area contributed by atoms with E-state index < -0.39 is 17.4 Å². The van der Waals surface area contributed by atoms with Crippen LogP contribution >= 0.6 is 23.4 Å². The minimum absolute atomic E-state index is 0.187. The van der Waals surface area contributed by atoms with E-state index in [1.807, 2.05) is 60.9 Å². The quantitative estimate of drug-likeness (QED) is 0.470. The van der Waals surface area contributed by atoms with Gasteiger partial charge in [-0.15, -0.1) is 0 Å². The maximum Gasteiger partial charge on any atom is 0.253 e. The third-order valence-electron chi connectivity index (χ3n) is 7.75. The third kappa shape index (κ3) is 3.63. The van der Waals surface area contributed by atoms with Crippen molar-refractivity contribution in [2.45, 2.75) is 24.5 Å². The van der Waals surface area contributed by atoms with Gasteiger partial charge < -0.3 is 4.90 Å². The second-order valence-corrected chi connectivity index (χ2v) is 11.2. The molecule has 0 aromatic heterocycles. The number of nitrogens with zero attached hydrogens (tertiary/aromatic N) is 2. The number of halogens is 1. The van der Waals surface area contributed by atoms with Crippen LogP contribution in [-0.4, -0.2) is 35.8 Å². The summed E-state index contributed by atoms with van der Waals surface area (Å²) in [5, 5.41) is 4.01. The van der Waals surface area contributed by atoms with Crippen LogP contribution in [0.3, 0.4) is 0 Å². The molecular formula is C29H26ClN3O3S. The van der Waals surface area contributed by atoms with E-state index in [-0.39, 0.29) is 23.8 Å². The van der Waals surface area contributed by atoms with Gasteiger partial charge in [0.15, 0.2) is 0 Å². The van der Waals surface area contributed by atoms with Crippen LogP contribution < -0.4 is 15.1 Å². The highest BCUT2D eigenvalue weighted by Gasteiger charge is 2.71. The van der Waals surface area contributed by atoms with Gasteiger partial charge in [-0.2, -0.15) is 11.8 Å². The van der Waals surface area contributed by atoms with E-state index in [9.17, 15) is 14.4 Å². The van der Waals surface area contributed by atoms with Crippen LogP contribution in [0.4, 0.5) is 11.4 Å². The van der Waals surface area contributed by atoms with Gasteiger partial charge in [-0.1, -0.05) is 66.2 Å². The molecule has 188 valence electrons. The molecule has 3 amide bonds. The molecule has 6 nitrogen and oxygen atoms in total. The first-order valence-electron chi connectivity index (χ1n) is 12.3. The second kappa shape index (κ2) is 9.31. The van der Waals surface area contributed by atoms with Crippen molar-refractivity contribution in [2.75, 3.05) is 21.8 Å². The number of hydrogen-bond acceptors (Lipinski definition) is 5. The van der Waals surface area contributed by atoms with Crippen molar-refractivity contribution in [1.82, 2.24) is 5.32 Å². The predicted molar refractivity (Wildman–Crippen MR) is 147 cm³/mol. The molecule has 0 radical (unpaired) electrons. The van der Waals surface area contributed by atoms with Crippen molar-refractivity contribution in [1.29, 1.82) is 0 Å². The number of imide groups is 1. The van der Waals surface area contributed by atoms with Gasteiger partial charge in [0, 0.05) is 22.3 Å². The van der Waals surface area contributed by atoms with Crippen molar-refractivity contribution in [2.24, 2.45) is 11.8 Å². The fraction of sp³-hybridized carbons (Fsp3) is 0.276. The largest absolute Gasteiger partial charge is 0.306 e. The van der Waals surface area contributed by atoms with Crippen molar-refractivity contribution in [3.63, 3.8) is 0 Å². The predicted octanol–water partition coefficient (Wildman–Crippen LogP) is 4.61. The Bertz CT molecular complexity index is 1400. The zero-order valence-corrected chi connectivity index (χ0v) is 21.8. The molecule has 3 aliphatic heterocycles. The maximum absolute atomic E-state index is 14.5. The van der Waals surface area contributed by atoms with Gasteiger partial charge >= 0.3 is 0 Å². The Hall–Kier alpha value is -3.13. The molecule has 0 saturated carbocycles. The number of rotatable bonds is 6. The minimum Gasteiger partial charge on any atom is -0.306 e. The van der Waals surface area contributed by atoms with Crippen molar-refractivity contribution >= 4 is 52.5 Å². The normalized spacial score (nSPS) is 26.3. The number of nitrogens with one attached hydrogen (secondary N) is 1. The lowest BCUT2D eigenvalue weighted by Gasteiger charge is -2.30. The number of carbonyl (C=O) groups excluding carboxylic acids is 3. The highest BCUT2D eigenvalue weighted by molar-refractivity contribution is 7.98. The number of fused-ring (bicyclic) bond motifs is 4. The molecule has 2 saturated heterocycles. The minimum atomic E-state index is -1.31. The number of carbonyl (C=O) groups is 3. The topological polar surface area (TPSA) is 69.7 Å². The summed E-state index contributed by atoms with van der Waals surface area (Å²) in [5.41, 5.74) is 1.65. The molecule has 0 unspecified atom stereocenters. The van der Waals surface area contributed by atoms with Gasteiger partial charge in [0.1, 0.15) is 5.54 Å². The molecule has 3 heterocycles. The van der Waals surface area contributed by atoms with Gasteiger partial charge in [-0.3, -0.25) is 19.7 Å². The first-order valence-corrected chi connectivity index (χ1v) is 14.1. The van der Waals surface area contributed by atoms with Gasteiger partial charge in [0.2, 0.25) is 11.8 Å². The molecule has 3 aromatic carbocycles. The summed E-state index contributed by atoms with van der Waals surface area (Å²) in [5.74, 6) is -1.51. The number of hydrogen-bond donors (Lipinski definition) is 1. The molecule has 1 N–H and O–H groups in total. The lowest BCUT2D eigenvalue weighted by molar-refractivity contribution is -0.132. The van der Waals surface area contributed by atoms with Crippen LogP contribution in [0, 0.1) is 11.8 Å². The molecule has 37 heavy (non-hydrogen) atoms. The van der Waals surface area contributed by atoms with E-state index in [1.165, 1.54) is 4.90 Å². The lowest BCUT2D eigenvalue weighted by atomic mass is 9.76. The maximum atomic E-state index is 14.5. The molecule has 2 fully saturated rings. The SMILES string of the molecule is CSCC[C@@H]1N[C@]2(C(=O)N(Cc3ccccc3)c3ccccc32)[C@H]2C(=O)N(c3cccc(Cl)c3)C(=O)[C@H]12. The van der Waals surface area contributed by atoms with Crippen LogP contribution in [0.5, 0.6) is 0 Å². The van der Waals surface area contributed by atoms with E-state index in [2.05, 4.69) is 5.32 Å². The fourth-order valence-corrected chi connectivity index (χ4v) is 6.91. The summed E-state index contributed by atoms with van der Waals surface area (Å²) in [6.45, 7) is 0.382. The summed E-state index contributed by atoms with van der Waals surface area (Å²) < 4.78 is 0. The van der Waals surface area contributed by atoms with Gasteiger partial charge in [0.05, 0.1) is 24.1 Å². The van der Waals surface area contributed by atoms with E-state index in [0.717, 1.165) is 22.6 Å². The molecule has 6 rings (SSSR count). The van der Waals surface area contributed by atoms with Crippen LogP contribution in [0.1, 0.15) is 17.5 Å². The second-order valence-electron chi connectivity index (χ2n) is 9.73. The Morgan fingerprint density at radius 1 is 0.946 bits per heavy atom. The van der Waals surface area contributed by atoms with Crippen molar-refractivity contribution in [3.05, 3.63) is 95.0 Å². The van der Waals surface area contributed by atoms with Gasteiger partial charge in [-0.25, -0.2) is 4.90 Å². The highest BCUT2D eigenvalue weighted by atomic mass is 35.5. The molecule has 4 atom stereocenters. The van der Waals surface area contributed by atoms with Crippen molar-refractivity contribution in [3.8, 4) is 0 Å². The Kier molecular flexibility index (Phi) is 6.10. The van der Waals surface area contributed by atoms with E-state index in [1.54, 1.807) is 40.9 Å². The first-order chi connectivity index (χ1) is 18.0. The summed E-state index contributed by atoms with van der Waals surface area (Å²) in [6, 6.07) is 23.9. The van der Waals surface area contributed by atoms with Crippen LogP contribution in [0.25, 0.3) is 0 Å². The average molecular weight is 532 g/mol. The third-order valence-corrected chi connectivity index (χ3v) is 8.63. The van der Waals surface area contributed by atoms with E-state index >= 15 is 0 Å². The highest BCUT2D eigenvalue weighted by Crippen LogP contribution is 2.55. The molecule has 3 aromatic rings. The summed E-state index contributed by atoms with van der Waals surface area (Å²) >= 11 is 7.90. The standard InChI is InChI=1S/C29H26ClN3O3S/c1-37-15-14-22-24-25(27(35)33(26(24)34)20-11-7-10-19(30)16-20)29(31-22)21-12-5-6-13-23(21)32(28(29)36)17-18-8-3-2-4-9-18/h2-13,16,22,24-25,31H,14-15,17H2,1H3/t22-,24+,25+,29-/m0/s1. The smallest absolute Gasteiger partial charge is 0.253 e. The number of amides is 3. The Labute approximate surface area is 225 Å². The number of para-hydroxylation sites is 1. The average Bonchev–Trinajstić information content (AvgIpc) is 3.47. The fourth-order valence-electron chi connectivity index (χ4n) is 6.23. The monoisotopic (exact) mass is 531 g/mol. The van der Waals surface area contributed by atoms with Crippen LogP contribution in [0.15, 0.2) is 78.9 Å². The molecule has 0 aliphatic carbocycles.